The first-order valence-electron chi connectivity index (χ1n) is 17.2. The molecule has 0 saturated carbocycles. The van der Waals surface area contributed by atoms with E-state index >= 15 is 0 Å². The summed E-state index contributed by atoms with van der Waals surface area (Å²) in [5.74, 6) is -0.974. The second-order valence-corrected chi connectivity index (χ2v) is 13.3. The van der Waals surface area contributed by atoms with Crippen LogP contribution in [0.5, 0.6) is 0 Å². The maximum absolute atomic E-state index is 12.8. The molecule has 1 aromatic rings. The van der Waals surface area contributed by atoms with Crippen LogP contribution in [-0.4, -0.2) is 78.5 Å². The summed E-state index contributed by atoms with van der Waals surface area (Å²) in [6, 6.07) is 5.36. The zero-order valence-corrected chi connectivity index (χ0v) is 30.7. The van der Waals surface area contributed by atoms with Crippen molar-refractivity contribution in [2.75, 3.05) is 13.7 Å². The van der Waals surface area contributed by atoms with Gasteiger partial charge in [-0.15, -0.1) is 0 Å². The molecule has 9 nitrogen and oxygen atoms in total. The Morgan fingerprint density at radius 1 is 1.12 bits per heavy atom. The molecule has 1 aliphatic rings. The van der Waals surface area contributed by atoms with Crippen molar-refractivity contribution in [1.82, 2.24) is 5.32 Å². The van der Waals surface area contributed by atoms with Crippen molar-refractivity contribution in [2.45, 2.75) is 130 Å². The average molecular weight is 692 g/mol. The number of carbonyl (C=O) groups is 2. The summed E-state index contributed by atoms with van der Waals surface area (Å²) in [6.07, 6.45) is 9.39. The van der Waals surface area contributed by atoms with Gasteiger partial charge in [-0.3, -0.25) is 9.59 Å². The number of unbranched alkanes of at least 4 members (excludes halogenated alkanes) is 1. The van der Waals surface area contributed by atoms with Crippen LogP contribution in [0.2, 0.25) is 5.02 Å². The number of halogens is 1. The number of nitrogens with one attached hydrogen (secondary N) is 1. The second kappa shape index (κ2) is 21.5. The summed E-state index contributed by atoms with van der Waals surface area (Å²) >= 11 is 6.17. The number of aliphatic hydroxyl groups is 2. The summed E-state index contributed by atoms with van der Waals surface area (Å²) in [6.45, 7) is 14.0. The molecule has 3 N–H and O–H groups in total. The number of hydrogen-bond donors (Lipinski definition) is 3. The molecule has 4 unspecified atom stereocenters. The number of benzene rings is 1. The first-order chi connectivity index (χ1) is 22.8. The maximum atomic E-state index is 12.8. The normalized spacial score (nSPS) is 21.0. The van der Waals surface area contributed by atoms with E-state index in [4.69, 9.17) is 30.5 Å². The van der Waals surface area contributed by atoms with Gasteiger partial charge in [0.05, 0.1) is 36.9 Å². The van der Waals surface area contributed by atoms with Gasteiger partial charge in [-0.1, -0.05) is 88.6 Å². The Balaban J connectivity index is 2.25. The molecule has 9 atom stereocenters. The quantitative estimate of drug-likeness (QED) is 0.0547. The van der Waals surface area contributed by atoms with Gasteiger partial charge in [0.1, 0.15) is 18.8 Å². The van der Waals surface area contributed by atoms with E-state index < -0.39 is 30.3 Å². The lowest BCUT2D eigenvalue weighted by molar-refractivity contribution is -0.151. The molecule has 1 heterocycles. The number of epoxide rings is 1. The van der Waals surface area contributed by atoms with E-state index in [-0.39, 0.29) is 49.1 Å². The molecule has 1 saturated heterocycles. The van der Waals surface area contributed by atoms with E-state index in [9.17, 15) is 19.8 Å². The number of carbonyl (C=O) groups excluding carboxylic acids is 2. The Bertz CT molecular complexity index is 1230. The van der Waals surface area contributed by atoms with Crippen LogP contribution in [0.25, 0.3) is 0 Å². The molecular formula is C38H58ClNO8. The zero-order valence-electron chi connectivity index (χ0n) is 30.0. The molecule has 0 bridgehead atoms. The van der Waals surface area contributed by atoms with Crippen molar-refractivity contribution >= 4 is 23.5 Å². The molecule has 10 heteroatoms. The van der Waals surface area contributed by atoms with Crippen LogP contribution >= 0.6 is 11.6 Å². The number of rotatable bonds is 22. The highest BCUT2D eigenvalue weighted by Crippen LogP contribution is 2.36. The number of hydrogen-bond acceptors (Lipinski definition) is 9. The van der Waals surface area contributed by atoms with Gasteiger partial charge in [-0.25, -0.2) is 0 Å². The van der Waals surface area contributed by atoms with Gasteiger partial charge in [0.15, 0.2) is 0 Å². The minimum absolute atomic E-state index is 0.0508. The molecule has 0 radical (unpaired) electrons. The third kappa shape index (κ3) is 14.1. The van der Waals surface area contributed by atoms with Crippen LogP contribution in [0.15, 0.2) is 54.2 Å². The smallest absolute Gasteiger partial charge is 0.309 e. The number of aliphatic hydroxyl groups excluding tert-OH is 2. The van der Waals surface area contributed by atoms with Gasteiger partial charge >= 0.3 is 11.9 Å². The number of esters is 2. The first-order valence-corrected chi connectivity index (χ1v) is 17.6. The topological polar surface area (TPSA) is 127 Å². The largest absolute Gasteiger partial charge is 0.462 e. The van der Waals surface area contributed by atoms with E-state index in [1.165, 1.54) is 6.92 Å². The molecule has 1 fully saturated rings. The Kier molecular flexibility index (Phi) is 18.7. The molecule has 0 aromatic heterocycles. The fourth-order valence-corrected chi connectivity index (χ4v) is 6.17. The zero-order chi connectivity index (χ0) is 35.8. The molecule has 270 valence electrons. The lowest BCUT2D eigenvalue weighted by Crippen LogP contribution is -2.44. The fourth-order valence-electron chi connectivity index (χ4n) is 5.94. The standard InChI is InChI=1S/C38H58ClNO8/c1-9-11-16-31(42)22-34(44)47-36(25(4)15-13-20-46-28(7)41)24(3)14-12-17-32(43)35(38-37(48-38)27(6)33(10-2)45-8)40-23-29-18-19-30(39)21-26(29)5/h12-15,17-19,21,25,27,31-33,35-38,40,42-43H,9-11,16,20,22-23H2,1-8H3/b15-13+,17-12+,24-14+/t25?,27-,31-,32?,33+,35?,36?,37-,38-/m1/s1. The van der Waals surface area contributed by atoms with Gasteiger partial charge in [0.2, 0.25) is 0 Å². The van der Waals surface area contributed by atoms with E-state index in [0.717, 1.165) is 36.0 Å². The van der Waals surface area contributed by atoms with Crippen LogP contribution in [0.3, 0.4) is 0 Å². The van der Waals surface area contributed by atoms with E-state index in [1.54, 1.807) is 25.3 Å². The highest BCUT2D eigenvalue weighted by molar-refractivity contribution is 6.30. The highest BCUT2D eigenvalue weighted by Gasteiger charge is 2.51. The summed E-state index contributed by atoms with van der Waals surface area (Å²) in [5.41, 5.74) is 2.88. The molecule has 0 aliphatic carbocycles. The minimum atomic E-state index is -0.887. The van der Waals surface area contributed by atoms with E-state index in [2.05, 4.69) is 19.2 Å². The van der Waals surface area contributed by atoms with Crippen molar-refractivity contribution < 1.29 is 38.7 Å². The predicted molar refractivity (Wildman–Crippen MR) is 190 cm³/mol. The third-order valence-corrected chi connectivity index (χ3v) is 9.13. The van der Waals surface area contributed by atoms with Crippen molar-refractivity contribution in [3.63, 3.8) is 0 Å². The Morgan fingerprint density at radius 2 is 1.85 bits per heavy atom. The molecule has 0 spiro atoms. The molecule has 1 aromatic carbocycles. The van der Waals surface area contributed by atoms with Crippen LogP contribution in [0.4, 0.5) is 0 Å². The summed E-state index contributed by atoms with van der Waals surface area (Å²) in [4.78, 5) is 24.0. The van der Waals surface area contributed by atoms with Crippen molar-refractivity contribution in [3.05, 3.63) is 70.3 Å². The number of methoxy groups -OCH3 is 1. The molecular weight excluding hydrogens is 634 g/mol. The molecule has 48 heavy (non-hydrogen) atoms. The van der Waals surface area contributed by atoms with Crippen LogP contribution < -0.4 is 5.32 Å². The van der Waals surface area contributed by atoms with E-state index in [1.807, 2.05) is 58.0 Å². The number of aryl methyl sites for hydroxylation is 1. The van der Waals surface area contributed by atoms with Gasteiger partial charge in [-0.05, 0) is 55.5 Å². The van der Waals surface area contributed by atoms with Gasteiger partial charge in [-0.2, -0.15) is 0 Å². The Hall–Kier alpha value is -2.53. The van der Waals surface area contributed by atoms with Crippen molar-refractivity contribution in [1.29, 1.82) is 0 Å². The minimum Gasteiger partial charge on any atom is -0.462 e. The summed E-state index contributed by atoms with van der Waals surface area (Å²) < 4.78 is 22.7. The molecule has 2 rings (SSSR count). The highest BCUT2D eigenvalue weighted by atomic mass is 35.5. The van der Waals surface area contributed by atoms with Gasteiger partial charge < -0.3 is 34.5 Å². The summed E-state index contributed by atoms with van der Waals surface area (Å²) in [7, 11) is 1.71. The van der Waals surface area contributed by atoms with Crippen LogP contribution in [0.1, 0.15) is 84.8 Å². The predicted octanol–water partition coefficient (Wildman–Crippen LogP) is 6.41. The lowest BCUT2D eigenvalue weighted by Gasteiger charge is -2.24. The third-order valence-electron chi connectivity index (χ3n) is 8.89. The average Bonchev–Trinajstić information content (AvgIpc) is 3.82. The Labute approximate surface area is 292 Å². The van der Waals surface area contributed by atoms with Gasteiger partial charge in [0.25, 0.3) is 0 Å². The van der Waals surface area contributed by atoms with Crippen molar-refractivity contribution in [2.24, 2.45) is 11.8 Å². The van der Waals surface area contributed by atoms with Crippen LogP contribution in [-0.2, 0) is 35.1 Å². The van der Waals surface area contributed by atoms with Crippen LogP contribution in [0, 0.1) is 18.8 Å². The molecule has 1 aliphatic heterocycles. The molecule has 0 amide bonds. The van der Waals surface area contributed by atoms with Gasteiger partial charge in [0, 0.05) is 37.4 Å². The number of ether oxygens (including phenoxy) is 4. The fraction of sp³-hybridized carbons (Fsp3) is 0.632. The monoisotopic (exact) mass is 691 g/mol. The summed E-state index contributed by atoms with van der Waals surface area (Å²) in [5, 5.41) is 25.9. The lowest BCUT2D eigenvalue weighted by atomic mass is 9.92. The first kappa shape index (κ1) is 41.6. The van der Waals surface area contributed by atoms with Crippen molar-refractivity contribution in [3.8, 4) is 0 Å². The SMILES string of the molecule is CCCC[C@@H](O)CC(=O)OC(/C(C)=C/C=C/C(O)C(NCc1ccc(Cl)cc1C)[C@H]1O[C@@H]1[C@H](C)[C@H](CC)OC)C(C)/C=C/COC(C)=O. The maximum Gasteiger partial charge on any atom is 0.309 e. The van der Waals surface area contributed by atoms with E-state index in [0.29, 0.717) is 18.0 Å². The second-order valence-electron chi connectivity index (χ2n) is 12.9. The Morgan fingerprint density at radius 3 is 2.48 bits per heavy atom. The number of allylic oxidation sites excluding steroid dienone is 2.